The van der Waals surface area contributed by atoms with Gasteiger partial charge in [-0.1, -0.05) is 6.92 Å². The largest absolute Gasteiger partial charge is 0.333 e. The molecule has 0 radical (unpaired) electrons. The van der Waals surface area contributed by atoms with E-state index in [0.29, 0.717) is 18.0 Å². The number of nitrogens with zero attached hydrogens (tertiary/aromatic N) is 1. The summed E-state index contributed by atoms with van der Waals surface area (Å²) < 4.78 is 0. The summed E-state index contributed by atoms with van der Waals surface area (Å²) >= 11 is 0. The minimum Gasteiger partial charge on any atom is -0.333 e. The van der Waals surface area contributed by atoms with Crippen molar-refractivity contribution >= 4 is 17.5 Å². The van der Waals surface area contributed by atoms with Crippen LogP contribution < -0.4 is 10.6 Å². The lowest BCUT2D eigenvalue weighted by Gasteiger charge is -2.38. The van der Waals surface area contributed by atoms with Crippen molar-refractivity contribution in [3.05, 3.63) is 29.3 Å². The quantitative estimate of drug-likeness (QED) is 0.860. The number of benzene rings is 1. The number of rotatable bonds is 4. The fourth-order valence-electron chi connectivity index (χ4n) is 2.71. The van der Waals surface area contributed by atoms with Gasteiger partial charge in [-0.2, -0.15) is 0 Å². The first-order valence-electron chi connectivity index (χ1n) is 7.13. The van der Waals surface area contributed by atoms with Gasteiger partial charge >= 0.3 is 0 Å². The van der Waals surface area contributed by atoms with E-state index in [9.17, 15) is 9.59 Å². The van der Waals surface area contributed by atoms with Gasteiger partial charge in [0.15, 0.2) is 0 Å². The van der Waals surface area contributed by atoms with Crippen LogP contribution in [-0.4, -0.2) is 42.4 Å². The van der Waals surface area contributed by atoms with E-state index in [1.165, 1.54) is 0 Å². The molecular weight excluding hydrogens is 254 g/mol. The summed E-state index contributed by atoms with van der Waals surface area (Å²) in [5.74, 6) is 0.0682. The summed E-state index contributed by atoms with van der Waals surface area (Å²) in [6, 6.07) is 5.79. The fraction of sp³-hybridized carbons (Fsp3) is 0.467. The summed E-state index contributed by atoms with van der Waals surface area (Å²) in [5, 5.41) is 5.99. The molecule has 0 bridgehead atoms. The zero-order valence-corrected chi connectivity index (χ0v) is 11.6. The van der Waals surface area contributed by atoms with Crippen LogP contribution in [0.15, 0.2) is 18.2 Å². The van der Waals surface area contributed by atoms with Crippen LogP contribution >= 0.6 is 0 Å². The molecule has 2 aliphatic heterocycles. The van der Waals surface area contributed by atoms with Crippen molar-refractivity contribution in [1.82, 2.24) is 10.2 Å². The van der Waals surface area contributed by atoms with Crippen LogP contribution in [0.4, 0.5) is 5.69 Å². The van der Waals surface area contributed by atoms with Crippen molar-refractivity contribution in [2.24, 2.45) is 0 Å². The SMILES string of the molecule is CCCN(C(=O)c1ccc2c(c1)CC(=O)N2)C1CNC1. The molecular formula is C15H19N3O2. The first-order chi connectivity index (χ1) is 9.69. The molecule has 0 atom stereocenters. The third kappa shape index (κ3) is 2.29. The topological polar surface area (TPSA) is 61.4 Å². The molecule has 0 saturated carbocycles. The van der Waals surface area contributed by atoms with E-state index in [2.05, 4.69) is 17.6 Å². The van der Waals surface area contributed by atoms with Crippen LogP contribution in [0, 0.1) is 0 Å². The number of carbonyl (C=O) groups is 2. The summed E-state index contributed by atoms with van der Waals surface area (Å²) in [7, 11) is 0. The Labute approximate surface area is 118 Å². The minimum absolute atomic E-state index is 0.00166. The maximum Gasteiger partial charge on any atom is 0.254 e. The number of nitrogens with one attached hydrogen (secondary N) is 2. The summed E-state index contributed by atoms with van der Waals surface area (Å²) in [6.45, 7) is 4.60. The van der Waals surface area contributed by atoms with Gasteiger partial charge in [0.25, 0.3) is 5.91 Å². The lowest BCUT2D eigenvalue weighted by molar-refractivity contribution is -0.115. The summed E-state index contributed by atoms with van der Waals surface area (Å²) in [5.41, 5.74) is 2.43. The van der Waals surface area contributed by atoms with Gasteiger partial charge in [-0.25, -0.2) is 0 Å². The van der Waals surface area contributed by atoms with Crippen molar-refractivity contribution in [2.75, 3.05) is 25.0 Å². The number of fused-ring (bicyclic) bond motifs is 1. The maximum absolute atomic E-state index is 12.6. The van der Waals surface area contributed by atoms with Crippen molar-refractivity contribution in [3.63, 3.8) is 0 Å². The van der Waals surface area contributed by atoms with Crippen LogP contribution in [-0.2, 0) is 11.2 Å². The molecule has 3 rings (SSSR count). The van der Waals surface area contributed by atoms with E-state index in [4.69, 9.17) is 0 Å². The van der Waals surface area contributed by atoms with Crippen LogP contribution in [0.2, 0.25) is 0 Å². The number of anilines is 1. The zero-order chi connectivity index (χ0) is 14.1. The molecule has 106 valence electrons. The van der Waals surface area contributed by atoms with Gasteiger partial charge in [-0.15, -0.1) is 0 Å². The lowest BCUT2D eigenvalue weighted by atomic mass is 10.0. The van der Waals surface area contributed by atoms with Gasteiger partial charge < -0.3 is 15.5 Å². The van der Waals surface area contributed by atoms with Gasteiger partial charge in [-0.05, 0) is 30.2 Å². The van der Waals surface area contributed by atoms with Crippen molar-refractivity contribution < 1.29 is 9.59 Å². The first-order valence-corrected chi connectivity index (χ1v) is 7.13. The molecule has 0 aliphatic carbocycles. The van der Waals surface area contributed by atoms with Crippen molar-refractivity contribution in [1.29, 1.82) is 0 Å². The predicted molar refractivity (Wildman–Crippen MR) is 76.8 cm³/mol. The molecule has 1 aromatic rings. The van der Waals surface area contributed by atoms with E-state index in [1.807, 2.05) is 23.1 Å². The molecule has 0 aromatic heterocycles. The standard InChI is InChI=1S/C15H19N3O2/c1-2-5-18(12-8-16-9-12)15(20)10-3-4-13-11(6-10)7-14(19)17-13/h3-4,6,12,16H,2,5,7-9H2,1H3,(H,17,19). The van der Waals surface area contributed by atoms with Crippen LogP contribution in [0.1, 0.15) is 29.3 Å². The molecule has 2 amide bonds. The fourth-order valence-corrected chi connectivity index (χ4v) is 2.71. The van der Waals surface area contributed by atoms with Gasteiger partial charge in [0, 0.05) is 30.9 Å². The third-order valence-corrected chi connectivity index (χ3v) is 3.90. The molecule has 0 unspecified atom stereocenters. The first kappa shape index (κ1) is 13.1. The Kier molecular flexibility index (Phi) is 3.44. The van der Waals surface area contributed by atoms with Gasteiger partial charge in [-0.3, -0.25) is 9.59 Å². The normalized spacial score (nSPS) is 17.4. The molecule has 2 aliphatic rings. The van der Waals surface area contributed by atoms with Gasteiger partial charge in [0.1, 0.15) is 0 Å². The van der Waals surface area contributed by atoms with E-state index < -0.39 is 0 Å². The molecule has 2 heterocycles. The minimum atomic E-state index is -0.00166. The Morgan fingerprint density at radius 1 is 1.40 bits per heavy atom. The Bertz CT molecular complexity index is 552. The Balaban J connectivity index is 1.82. The van der Waals surface area contributed by atoms with Crippen LogP contribution in [0.3, 0.4) is 0 Å². The Hall–Kier alpha value is -1.88. The zero-order valence-electron chi connectivity index (χ0n) is 11.6. The second-order valence-corrected chi connectivity index (χ2v) is 5.41. The second-order valence-electron chi connectivity index (χ2n) is 5.41. The Morgan fingerprint density at radius 2 is 2.20 bits per heavy atom. The summed E-state index contributed by atoms with van der Waals surface area (Å²) in [4.78, 5) is 26.0. The number of carbonyl (C=O) groups excluding carboxylic acids is 2. The van der Waals surface area contributed by atoms with Crippen molar-refractivity contribution in [3.8, 4) is 0 Å². The Morgan fingerprint density at radius 3 is 2.85 bits per heavy atom. The highest BCUT2D eigenvalue weighted by atomic mass is 16.2. The van der Waals surface area contributed by atoms with Crippen molar-refractivity contribution in [2.45, 2.75) is 25.8 Å². The lowest BCUT2D eigenvalue weighted by Crippen LogP contribution is -2.59. The average molecular weight is 273 g/mol. The highest BCUT2D eigenvalue weighted by Gasteiger charge is 2.29. The van der Waals surface area contributed by atoms with Gasteiger partial charge in [0.05, 0.1) is 12.5 Å². The van der Waals surface area contributed by atoms with E-state index >= 15 is 0 Å². The molecule has 1 aromatic carbocycles. The molecule has 1 saturated heterocycles. The molecule has 2 N–H and O–H groups in total. The number of hydrogen-bond acceptors (Lipinski definition) is 3. The molecule has 5 nitrogen and oxygen atoms in total. The molecule has 0 spiro atoms. The summed E-state index contributed by atoms with van der Waals surface area (Å²) in [6.07, 6.45) is 1.32. The van der Waals surface area contributed by atoms with Crippen LogP contribution in [0.25, 0.3) is 0 Å². The van der Waals surface area contributed by atoms with E-state index in [1.54, 1.807) is 0 Å². The highest BCUT2D eigenvalue weighted by Crippen LogP contribution is 2.25. The smallest absolute Gasteiger partial charge is 0.254 e. The number of amides is 2. The molecule has 5 heteroatoms. The maximum atomic E-state index is 12.6. The molecule has 1 fully saturated rings. The van der Waals surface area contributed by atoms with E-state index in [-0.39, 0.29) is 11.8 Å². The monoisotopic (exact) mass is 273 g/mol. The van der Waals surface area contributed by atoms with Gasteiger partial charge in [0.2, 0.25) is 5.91 Å². The molecule has 20 heavy (non-hydrogen) atoms. The van der Waals surface area contributed by atoms with Crippen LogP contribution in [0.5, 0.6) is 0 Å². The average Bonchev–Trinajstić information content (AvgIpc) is 2.74. The second kappa shape index (κ2) is 5.25. The third-order valence-electron chi connectivity index (χ3n) is 3.90. The highest BCUT2D eigenvalue weighted by molar-refractivity contribution is 6.01. The predicted octanol–water partition coefficient (Wildman–Crippen LogP) is 1.01. The number of hydrogen-bond donors (Lipinski definition) is 2. The van der Waals surface area contributed by atoms with E-state index in [0.717, 1.165) is 37.3 Å².